The van der Waals surface area contributed by atoms with Crippen LogP contribution in [0.25, 0.3) is 0 Å². The van der Waals surface area contributed by atoms with Crippen LogP contribution in [0.5, 0.6) is 5.75 Å². The van der Waals surface area contributed by atoms with Gasteiger partial charge in [0.05, 0.1) is 19.4 Å². The zero-order valence-corrected chi connectivity index (χ0v) is 17.8. The number of benzene rings is 1. The van der Waals surface area contributed by atoms with E-state index in [0.29, 0.717) is 24.6 Å². The second-order valence-electron chi connectivity index (χ2n) is 7.25. The lowest BCUT2D eigenvalue weighted by atomic mass is 10.1. The Labute approximate surface area is 182 Å². The Kier molecular flexibility index (Phi) is 8.40. The zero-order chi connectivity index (χ0) is 21.9. The first-order chi connectivity index (χ1) is 15.2. The second kappa shape index (κ2) is 11.7. The van der Waals surface area contributed by atoms with Crippen molar-refractivity contribution in [2.75, 3.05) is 18.1 Å². The third kappa shape index (κ3) is 6.54. The molecule has 3 rings (SSSR count). The van der Waals surface area contributed by atoms with Crippen LogP contribution in [0, 0.1) is 0 Å². The van der Waals surface area contributed by atoms with E-state index < -0.39 is 0 Å². The summed E-state index contributed by atoms with van der Waals surface area (Å²) in [7, 11) is 0. The number of hydrogen-bond donors (Lipinski definition) is 0. The first-order valence-electron chi connectivity index (χ1n) is 10.7. The minimum atomic E-state index is -0.321. The lowest BCUT2D eigenvalue weighted by Gasteiger charge is -2.20. The van der Waals surface area contributed by atoms with Crippen molar-refractivity contribution in [1.29, 1.82) is 0 Å². The molecule has 31 heavy (non-hydrogen) atoms. The van der Waals surface area contributed by atoms with Gasteiger partial charge in [0.1, 0.15) is 5.82 Å². The maximum atomic E-state index is 12.9. The van der Waals surface area contributed by atoms with Gasteiger partial charge in [0.2, 0.25) is 17.5 Å². The van der Waals surface area contributed by atoms with E-state index in [1.807, 2.05) is 25.1 Å². The Morgan fingerprint density at radius 1 is 1.03 bits per heavy atom. The number of hydrogen-bond acceptors (Lipinski definition) is 5. The molecule has 0 radical (unpaired) electrons. The molecular formula is C25H28N2O4. The largest absolute Gasteiger partial charge is 0.489 e. The van der Waals surface area contributed by atoms with Crippen LogP contribution in [-0.4, -0.2) is 29.8 Å². The van der Waals surface area contributed by atoms with Gasteiger partial charge in [-0.05, 0) is 37.0 Å². The molecule has 0 saturated carbocycles. The quantitative estimate of drug-likeness (QED) is 0.301. The van der Waals surface area contributed by atoms with E-state index >= 15 is 0 Å². The topological polar surface area (TPSA) is 72.6 Å². The summed E-state index contributed by atoms with van der Waals surface area (Å²) in [5, 5.41) is 0. The molecule has 3 aromatic rings. The third-order valence-corrected chi connectivity index (χ3v) is 4.87. The average molecular weight is 421 g/mol. The molecule has 0 fully saturated rings. The van der Waals surface area contributed by atoms with Crippen LogP contribution >= 0.6 is 0 Å². The standard InChI is InChI=1S/C25H28N2O4/c1-2-3-14-24(29)27(23-13-7-8-16-26-23)19-21(28)25-22(15-18-31-25)30-17-9-12-20-10-5-4-6-11-20/h4-8,10-11,13,15-16,18H,2-3,9,12,14,17,19H2,1H3. The molecule has 0 bridgehead atoms. The normalized spacial score (nSPS) is 10.6. The maximum Gasteiger partial charge on any atom is 0.228 e. The number of nitrogens with zero attached hydrogens (tertiary/aromatic N) is 2. The number of carbonyl (C=O) groups excluding carboxylic acids is 2. The molecule has 2 heterocycles. The predicted molar refractivity (Wildman–Crippen MR) is 119 cm³/mol. The highest BCUT2D eigenvalue weighted by molar-refractivity contribution is 6.04. The van der Waals surface area contributed by atoms with E-state index in [-0.39, 0.29) is 24.0 Å². The molecule has 1 amide bonds. The van der Waals surface area contributed by atoms with E-state index in [2.05, 4.69) is 17.1 Å². The van der Waals surface area contributed by atoms with E-state index in [9.17, 15) is 9.59 Å². The van der Waals surface area contributed by atoms with E-state index in [1.54, 1.807) is 30.5 Å². The summed E-state index contributed by atoms with van der Waals surface area (Å²) in [6, 6.07) is 17.1. The van der Waals surface area contributed by atoms with E-state index in [1.165, 1.54) is 16.7 Å². The van der Waals surface area contributed by atoms with Crippen molar-refractivity contribution in [3.63, 3.8) is 0 Å². The van der Waals surface area contributed by atoms with Gasteiger partial charge in [-0.15, -0.1) is 0 Å². The molecule has 6 nitrogen and oxygen atoms in total. The summed E-state index contributed by atoms with van der Waals surface area (Å²) in [5.41, 5.74) is 1.24. The smallest absolute Gasteiger partial charge is 0.228 e. The molecule has 0 aliphatic carbocycles. The maximum absolute atomic E-state index is 12.9. The highest BCUT2D eigenvalue weighted by Gasteiger charge is 2.24. The van der Waals surface area contributed by atoms with Gasteiger partial charge < -0.3 is 9.15 Å². The molecule has 0 atom stereocenters. The third-order valence-electron chi connectivity index (χ3n) is 4.87. The Morgan fingerprint density at radius 3 is 2.58 bits per heavy atom. The number of rotatable bonds is 12. The summed E-state index contributed by atoms with van der Waals surface area (Å²) >= 11 is 0. The molecule has 0 N–H and O–H groups in total. The van der Waals surface area contributed by atoms with Gasteiger partial charge in [-0.1, -0.05) is 49.7 Å². The van der Waals surface area contributed by atoms with Crippen LogP contribution in [0.4, 0.5) is 5.82 Å². The van der Waals surface area contributed by atoms with Crippen molar-refractivity contribution >= 4 is 17.5 Å². The van der Waals surface area contributed by atoms with E-state index in [4.69, 9.17) is 9.15 Å². The van der Waals surface area contributed by atoms with Crippen molar-refractivity contribution in [1.82, 2.24) is 4.98 Å². The predicted octanol–water partition coefficient (Wildman–Crippen LogP) is 5.09. The van der Waals surface area contributed by atoms with E-state index in [0.717, 1.165) is 25.7 Å². The van der Waals surface area contributed by atoms with Crippen molar-refractivity contribution in [3.05, 3.63) is 78.4 Å². The monoisotopic (exact) mass is 420 g/mol. The summed E-state index contributed by atoms with van der Waals surface area (Å²) < 4.78 is 11.2. The minimum absolute atomic E-state index is 0.129. The van der Waals surface area contributed by atoms with Gasteiger partial charge in [0, 0.05) is 18.7 Å². The average Bonchev–Trinajstić information content (AvgIpc) is 3.28. The van der Waals surface area contributed by atoms with Gasteiger partial charge in [0.25, 0.3) is 0 Å². The van der Waals surface area contributed by atoms with Gasteiger partial charge in [-0.3, -0.25) is 14.5 Å². The van der Waals surface area contributed by atoms with Crippen LogP contribution in [0.15, 0.2) is 71.5 Å². The van der Waals surface area contributed by atoms with Crippen molar-refractivity contribution < 1.29 is 18.7 Å². The molecule has 0 spiro atoms. The SMILES string of the molecule is CCCCC(=O)N(CC(=O)c1occc1OCCCc1ccccc1)c1ccccn1. The molecule has 0 saturated heterocycles. The van der Waals surface area contributed by atoms with Crippen molar-refractivity contribution in [2.45, 2.75) is 39.0 Å². The number of aromatic nitrogens is 1. The Morgan fingerprint density at radius 2 is 1.84 bits per heavy atom. The van der Waals surface area contributed by atoms with Gasteiger partial charge in [0.15, 0.2) is 5.75 Å². The zero-order valence-electron chi connectivity index (χ0n) is 17.8. The van der Waals surface area contributed by atoms with Crippen LogP contribution in [0.3, 0.4) is 0 Å². The first-order valence-corrected chi connectivity index (χ1v) is 10.7. The summed E-state index contributed by atoms with van der Waals surface area (Å²) in [5.74, 6) is 0.530. The number of carbonyl (C=O) groups is 2. The summed E-state index contributed by atoms with van der Waals surface area (Å²) in [6.45, 7) is 2.34. The van der Waals surface area contributed by atoms with Gasteiger partial charge in [-0.25, -0.2) is 4.98 Å². The van der Waals surface area contributed by atoms with Gasteiger partial charge in [-0.2, -0.15) is 0 Å². The highest BCUT2D eigenvalue weighted by Crippen LogP contribution is 2.22. The van der Waals surface area contributed by atoms with Crippen LogP contribution in [0.1, 0.15) is 48.7 Å². The number of unbranched alkanes of at least 4 members (excludes halogenated alkanes) is 1. The minimum Gasteiger partial charge on any atom is -0.489 e. The summed E-state index contributed by atoms with van der Waals surface area (Å²) in [6.07, 6.45) is 6.76. The molecule has 0 aliphatic heterocycles. The van der Waals surface area contributed by atoms with Gasteiger partial charge >= 0.3 is 0 Å². The Bertz CT molecular complexity index is 954. The number of Topliss-reactive ketones (excluding diaryl/α,β-unsaturated/α-hetero) is 1. The highest BCUT2D eigenvalue weighted by atomic mass is 16.5. The van der Waals surface area contributed by atoms with Crippen LogP contribution < -0.4 is 9.64 Å². The fraction of sp³-hybridized carbons (Fsp3) is 0.320. The number of ketones is 1. The molecule has 2 aromatic heterocycles. The Hall–Kier alpha value is -3.41. The number of furan rings is 1. The number of aryl methyl sites for hydroxylation is 1. The molecular weight excluding hydrogens is 392 g/mol. The number of ether oxygens (including phenoxy) is 1. The van der Waals surface area contributed by atoms with Crippen molar-refractivity contribution in [3.8, 4) is 5.75 Å². The Balaban J connectivity index is 1.62. The number of amides is 1. The molecule has 0 aliphatic rings. The molecule has 1 aromatic carbocycles. The number of anilines is 1. The van der Waals surface area contributed by atoms with Crippen LogP contribution in [0.2, 0.25) is 0 Å². The van der Waals surface area contributed by atoms with Crippen molar-refractivity contribution in [2.24, 2.45) is 0 Å². The lowest BCUT2D eigenvalue weighted by Crippen LogP contribution is -2.36. The fourth-order valence-electron chi connectivity index (χ4n) is 3.21. The second-order valence-corrected chi connectivity index (χ2v) is 7.25. The molecule has 162 valence electrons. The van der Waals surface area contributed by atoms with Crippen LogP contribution in [-0.2, 0) is 11.2 Å². The lowest BCUT2D eigenvalue weighted by molar-refractivity contribution is -0.118. The molecule has 0 unspecified atom stereocenters. The fourth-order valence-corrected chi connectivity index (χ4v) is 3.21. The number of pyridine rings is 1. The molecule has 6 heteroatoms. The summed E-state index contributed by atoms with van der Waals surface area (Å²) in [4.78, 5) is 31.3. The first kappa shape index (κ1) is 22.3.